The Bertz CT molecular complexity index is 222. The Morgan fingerprint density at radius 2 is 2.00 bits per heavy atom. The molecule has 0 saturated heterocycles. The van der Waals surface area contributed by atoms with Crippen LogP contribution in [0.15, 0.2) is 0 Å². The highest BCUT2D eigenvalue weighted by molar-refractivity contribution is 8.00. The van der Waals surface area contributed by atoms with Crippen molar-refractivity contribution in [1.82, 2.24) is 5.32 Å². The number of halogens is 3. The van der Waals surface area contributed by atoms with Gasteiger partial charge in [0.2, 0.25) is 0 Å². The van der Waals surface area contributed by atoms with Crippen LogP contribution in [0.25, 0.3) is 0 Å². The van der Waals surface area contributed by atoms with Crippen LogP contribution in [-0.4, -0.2) is 34.4 Å². The van der Waals surface area contributed by atoms with E-state index < -0.39 is 17.0 Å². The van der Waals surface area contributed by atoms with Gasteiger partial charge in [-0.05, 0) is 25.1 Å². The van der Waals surface area contributed by atoms with Crippen molar-refractivity contribution in [1.29, 1.82) is 0 Å². The van der Waals surface area contributed by atoms with Crippen molar-refractivity contribution >= 4 is 17.7 Å². The van der Waals surface area contributed by atoms with Crippen LogP contribution in [0.1, 0.15) is 20.3 Å². The van der Waals surface area contributed by atoms with E-state index in [0.717, 1.165) is 0 Å². The molecule has 7 heteroatoms. The van der Waals surface area contributed by atoms with E-state index in [0.29, 0.717) is 6.42 Å². The molecule has 15 heavy (non-hydrogen) atoms. The van der Waals surface area contributed by atoms with Crippen molar-refractivity contribution in [3.8, 4) is 0 Å². The van der Waals surface area contributed by atoms with Crippen LogP contribution in [0, 0.1) is 0 Å². The number of alkyl halides is 3. The lowest BCUT2D eigenvalue weighted by Gasteiger charge is -2.24. The first-order chi connectivity index (χ1) is 6.71. The minimum atomic E-state index is -4.26. The number of carboxylic acid groups (broad SMARTS) is 1. The molecule has 90 valence electrons. The first kappa shape index (κ1) is 14.6. The van der Waals surface area contributed by atoms with Gasteiger partial charge in [-0.2, -0.15) is 13.2 Å². The zero-order valence-electron chi connectivity index (χ0n) is 8.52. The zero-order chi connectivity index (χ0) is 12.1. The SMILES string of the molecule is CCC(C)(NCCSC(F)(F)F)C(=O)O. The molecule has 0 aliphatic carbocycles. The lowest BCUT2D eigenvalue weighted by atomic mass is 9.99. The lowest BCUT2D eigenvalue weighted by molar-refractivity contribution is -0.144. The molecule has 0 aliphatic rings. The highest BCUT2D eigenvalue weighted by Crippen LogP contribution is 2.29. The molecule has 0 aromatic carbocycles. The second kappa shape index (κ2) is 5.60. The van der Waals surface area contributed by atoms with Crippen molar-refractivity contribution in [3.05, 3.63) is 0 Å². The molecule has 0 bridgehead atoms. The number of thioether (sulfide) groups is 1. The van der Waals surface area contributed by atoms with Gasteiger partial charge in [0.05, 0.1) is 0 Å². The van der Waals surface area contributed by atoms with Crippen LogP contribution in [0.5, 0.6) is 0 Å². The Morgan fingerprint density at radius 3 is 2.33 bits per heavy atom. The van der Waals surface area contributed by atoms with Crippen LogP contribution in [-0.2, 0) is 4.79 Å². The van der Waals surface area contributed by atoms with Gasteiger partial charge in [0.1, 0.15) is 5.54 Å². The molecule has 3 nitrogen and oxygen atoms in total. The third kappa shape index (κ3) is 5.88. The van der Waals surface area contributed by atoms with Gasteiger partial charge in [-0.1, -0.05) is 6.92 Å². The maximum Gasteiger partial charge on any atom is 0.441 e. The molecule has 0 spiro atoms. The molecule has 0 amide bonds. The van der Waals surface area contributed by atoms with E-state index in [1.807, 2.05) is 0 Å². The third-order valence-electron chi connectivity index (χ3n) is 2.06. The van der Waals surface area contributed by atoms with Gasteiger partial charge < -0.3 is 10.4 Å². The Balaban J connectivity index is 3.89. The number of hydrogen-bond donors (Lipinski definition) is 2. The molecule has 0 radical (unpaired) electrons. The predicted octanol–water partition coefficient (Wildman–Crippen LogP) is 2.08. The lowest BCUT2D eigenvalue weighted by Crippen LogP contribution is -2.49. The number of carboxylic acids is 1. The van der Waals surface area contributed by atoms with E-state index in [-0.39, 0.29) is 24.1 Å². The Hall–Kier alpha value is -0.430. The van der Waals surface area contributed by atoms with E-state index in [4.69, 9.17) is 5.11 Å². The average Bonchev–Trinajstić information content (AvgIpc) is 2.10. The zero-order valence-corrected chi connectivity index (χ0v) is 9.34. The normalized spacial score (nSPS) is 16.1. The summed E-state index contributed by atoms with van der Waals surface area (Å²) in [5, 5.41) is 11.4. The number of hydrogen-bond acceptors (Lipinski definition) is 3. The van der Waals surface area contributed by atoms with Gasteiger partial charge in [-0.15, -0.1) is 0 Å². The summed E-state index contributed by atoms with van der Waals surface area (Å²) in [5.41, 5.74) is -5.40. The predicted molar refractivity (Wildman–Crippen MR) is 52.8 cm³/mol. The van der Waals surface area contributed by atoms with E-state index >= 15 is 0 Å². The third-order valence-corrected chi connectivity index (χ3v) is 2.80. The molecular weight excluding hydrogens is 231 g/mol. The van der Waals surface area contributed by atoms with Crippen molar-refractivity contribution < 1.29 is 23.1 Å². The first-order valence-electron chi connectivity index (χ1n) is 4.40. The van der Waals surface area contributed by atoms with Crippen LogP contribution in [0.2, 0.25) is 0 Å². The second-order valence-electron chi connectivity index (χ2n) is 3.21. The molecule has 0 aliphatic heterocycles. The van der Waals surface area contributed by atoms with Crippen molar-refractivity contribution in [2.45, 2.75) is 31.3 Å². The Kier molecular flexibility index (Phi) is 5.44. The molecular formula is C8H14F3NO2S. The summed E-state index contributed by atoms with van der Waals surface area (Å²) >= 11 is -0.159. The molecule has 0 rings (SSSR count). The Morgan fingerprint density at radius 1 is 1.47 bits per heavy atom. The highest BCUT2D eigenvalue weighted by Gasteiger charge is 2.31. The first-order valence-corrected chi connectivity index (χ1v) is 5.39. The topological polar surface area (TPSA) is 49.3 Å². The molecule has 0 heterocycles. The fourth-order valence-electron chi connectivity index (χ4n) is 0.846. The standard InChI is InChI=1S/C8H14F3NO2S/c1-3-7(2,6(13)14)12-4-5-15-8(9,10)11/h12H,3-5H2,1-2H3,(H,13,14). The molecule has 1 unspecified atom stereocenters. The van der Waals surface area contributed by atoms with Crippen molar-refractivity contribution in [3.63, 3.8) is 0 Å². The van der Waals surface area contributed by atoms with Gasteiger partial charge in [0, 0.05) is 12.3 Å². The fourth-order valence-corrected chi connectivity index (χ4v) is 1.28. The van der Waals surface area contributed by atoms with Crippen molar-refractivity contribution in [2.75, 3.05) is 12.3 Å². The average molecular weight is 245 g/mol. The van der Waals surface area contributed by atoms with Gasteiger partial charge in [-0.3, -0.25) is 4.79 Å². The van der Waals surface area contributed by atoms with Crippen LogP contribution in [0.4, 0.5) is 13.2 Å². The molecule has 0 fully saturated rings. The summed E-state index contributed by atoms with van der Waals surface area (Å²) in [6.45, 7) is 3.13. The Labute approximate surface area is 90.4 Å². The minimum Gasteiger partial charge on any atom is -0.480 e. The summed E-state index contributed by atoms with van der Waals surface area (Å²) in [6.07, 6.45) is 0.318. The van der Waals surface area contributed by atoms with Gasteiger partial charge >= 0.3 is 11.5 Å². The quantitative estimate of drug-likeness (QED) is 0.703. The number of nitrogens with one attached hydrogen (secondary N) is 1. The van der Waals surface area contributed by atoms with Gasteiger partial charge in [0.15, 0.2) is 0 Å². The van der Waals surface area contributed by atoms with E-state index in [9.17, 15) is 18.0 Å². The highest BCUT2D eigenvalue weighted by atomic mass is 32.2. The summed E-state index contributed by atoms with van der Waals surface area (Å²) in [7, 11) is 0. The molecule has 0 aromatic heterocycles. The molecule has 0 aromatic rings. The summed E-state index contributed by atoms with van der Waals surface area (Å²) in [5.74, 6) is -1.24. The van der Waals surface area contributed by atoms with Crippen LogP contribution >= 0.6 is 11.8 Å². The molecule has 1 atom stereocenters. The van der Waals surface area contributed by atoms with Gasteiger partial charge in [-0.25, -0.2) is 0 Å². The van der Waals surface area contributed by atoms with Gasteiger partial charge in [0.25, 0.3) is 0 Å². The van der Waals surface area contributed by atoms with E-state index in [1.54, 1.807) is 6.92 Å². The monoisotopic (exact) mass is 245 g/mol. The van der Waals surface area contributed by atoms with Crippen LogP contribution < -0.4 is 5.32 Å². The molecule has 0 saturated carbocycles. The number of aliphatic carboxylic acids is 1. The number of rotatable bonds is 6. The summed E-state index contributed by atoms with van der Waals surface area (Å²) in [6, 6.07) is 0. The minimum absolute atomic E-state index is 0.0147. The van der Waals surface area contributed by atoms with E-state index in [1.165, 1.54) is 6.92 Å². The van der Waals surface area contributed by atoms with Crippen molar-refractivity contribution in [2.24, 2.45) is 0 Å². The fraction of sp³-hybridized carbons (Fsp3) is 0.875. The van der Waals surface area contributed by atoms with E-state index in [2.05, 4.69) is 5.32 Å². The summed E-state index contributed by atoms with van der Waals surface area (Å²) in [4.78, 5) is 10.8. The largest absolute Gasteiger partial charge is 0.480 e. The second-order valence-corrected chi connectivity index (χ2v) is 4.37. The maximum absolute atomic E-state index is 11.7. The van der Waals surface area contributed by atoms with Crippen LogP contribution in [0.3, 0.4) is 0 Å². The smallest absolute Gasteiger partial charge is 0.441 e. The maximum atomic E-state index is 11.7. The summed E-state index contributed by atoms with van der Waals surface area (Å²) < 4.78 is 35.2. The number of carbonyl (C=O) groups is 1. The molecule has 2 N–H and O–H groups in total.